The summed E-state index contributed by atoms with van der Waals surface area (Å²) < 4.78 is 0. The van der Waals surface area contributed by atoms with E-state index in [0.29, 0.717) is 17.6 Å². The number of amidine groups is 1. The fourth-order valence-corrected chi connectivity index (χ4v) is 2.28. The van der Waals surface area contributed by atoms with Gasteiger partial charge in [-0.05, 0) is 31.7 Å². The van der Waals surface area contributed by atoms with Crippen molar-refractivity contribution in [3.8, 4) is 0 Å². The van der Waals surface area contributed by atoms with Crippen LogP contribution >= 0.6 is 0 Å². The smallest absolute Gasteiger partial charge is 0.225 e. The lowest BCUT2D eigenvalue weighted by Crippen LogP contribution is -2.38. The van der Waals surface area contributed by atoms with Gasteiger partial charge in [0, 0.05) is 19.3 Å². The van der Waals surface area contributed by atoms with Crippen LogP contribution in [0.25, 0.3) is 0 Å². The van der Waals surface area contributed by atoms with E-state index in [1.807, 2.05) is 11.8 Å². The first-order valence-electron chi connectivity index (χ1n) is 6.35. The SMILES string of the molecule is CC(O)C1CCN(c2nccc(/C(N)=N/O)n2)CC1. The maximum atomic E-state index is 9.57. The van der Waals surface area contributed by atoms with Gasteiger partial charge in [0.1, 0.15) is 5.69 Å². The molecule has 19 heavy (non-hydrogen) atoms. The topological polar surface area (TPSA) is 108 Å². The van der Waals surface area contributed by atoms with Crippen molar-refractivity contribution < 1.29 is 10.3 Å². The van der Waals surface area contributed by atoms with Gasteiger partial charge >= 0.3 is 0 Å². The van der Waals surface area contributed by atoms with E-state index in [1.165, 1.54) is 0 Å². The van der Waals surface area contributed by atoms with Crippen molar-refractivity contribution in [2.75, 3.05) is 18.0 Å². The van der Waals surface area contributed by atoms with E-state index in [9.17, 15) is 5.11 Å². The number of aliphatic hydroxyl groups excluding tert-OH is 1. The predicted octanol–water partition coefficient (Wildman–Crippen LogP) is 0.168. The summed E-state index contributed by atoms with van der Waals surface area (Å²) in [6.07, 6.45) is 3.15. The largest absolute Gasteiger partial charge is 0.409 e. The van der Waals surface area contributed by atoms with Gasteiger partial charge in [0.2, 0.25) is 5.95 Å². The van der Waals surface area contributed by atoms with Crippen LogP contribution in [0.3, 0.4) is 0 Å². The second-order valence-corrected chi connectivity index (χ2v) is 4.79. The third kappa shape index (κ3) is 3.11. The molecule has 4 N–H and O–H groups in total. The minimum absolute atomic E-state index is 0.0254. The standard InChI is InChI=1S/C12H19N5O2/c1-8(18)9-3-6-17(7-4-9)12-14-5-2-10(15-12)11(13)16-19/h2,5,8-9,18-19H,3-4,6-7H2,1H3,(H2,13,16). The van der Waals surface area contributed by atoms with E-state index >= 15 is 0 Å². The summed E-state index contributed by atoms with van der Waals surface area (Å²) in [5.41, 5.74) is 5.92. The second kappa shape index (κ2) is 5.83. The van der Waals surface area contributed by atoms with Crippen LogP contribution in [0, 0.1) is 5.92 Å². The quantitative estimate of drug-likeness (QED) is 0.311. The molecule has 0 saturated carbocycles. The van der Waals surface area contributed by atoms with E-state index in [0.717, 1.165) is 25.9 Å². The number of rotatable bonds is 3. The number of anilines is 1. The molecule has 1 saturated heterocycles. The first kappa shape index (κ1) is 13.5. The monoisotopic (exact) mass is 265 g/mol. The van der Waals surface area contributed by atoms with Gasteiger partial charge in [-0.1, -0.05) is 5.16 Å². The Morgan fingerprint density at radius 2 is 2.21 bits per heavy atom. The molecule has 0 aliphatic carbocycles. The summed E-state index contributed by atoms with van der Waals surface area (Å²) in [5, 5.41) is 21.2. The fourth-order valence-electron chi connectivity index (χ4n) is 2.28. The van der Waals surface area contributed by atoms with Crippen LogP contribution in [-0.4, -0.2) is 45.3 Å². The number of aromatic nitrogens is 2. The predicted molar refractivity (Wildman–Crippen MR) is 71.2 cm³/mol. The highest BCUT2D eigenvalue weighted by Gasteiger charge is 2.24. The molecule has 2 heterocycles. The molecule has 1 atom stereocenters. The first-order chi connectivity index (χ1) is 9.11. The highest BCUT2D eigenvalue weighted by atomic mass is 16.4. The van der Waals surface area contributed by atoms with Crippen LogP contribution in [0.1, 0.15) is 25.5 Å². The van der Waals surface area contributed by atoms with E-state index in [2.05, 4.69) is 15.1 Å². The molecule has 0 bridgehead atoms. The minimum Gasteiger partial charge on any atom is -0.409 e. The van der Waals surface area contributed by atoms with E-state index < -0.39 is 0 Å². The highest BCUT2D eigenvalue weighted by Crippen LogP contribution is 2.23. The summed E-state index contributed by atoms with van der Waals surface area (Å²) in [6, 6.07) is 1.60. The number of piperidine rings is 1. The van der Waals surface area contributed by atoms with Crippen molar-refractivity contribution in [1.82, 2.24) is 9.97 Å². The summed E-state index contributed by atoms with van der Waals surface area (Å²) in [6.45, 7) is 3.43. The Kier molecular flexibility index (Phi) is 4.16. The molecule has 0 amide bonds. The molecular formula is C12H19N5O2. The average Bonchev–Trinajstić information content (AvgIpc) is 2.46. The zero-order chi connectivity index (χ0) is 13.8. The van der Waals surface area contributed by atoms with Gasteiger partial charge in [0.15, 0.2) is 5.84 Å². The number of nitrogens with two attached hydrogens (primary N) is 1. The van der Waals surface area contributed by atoms with Gasteiger partial charge in [-0.15, -0.1) is 0 Å². The molecule has 104 valence electrons. The lowest BCUT2D eigenvalue weighted by molar-refractivity contribution is 0.109. The lowest BCUT2D eigenvalue weighted by Gasteiger charge is -2.33. The van der Waals surface area contributed by atoms with Crippen molar-refractivity contribution in [2.45, 2.75) is 25.9 Å². The van der Waals surface area contributed by atoms with Gasteiger partial charge in [-0.2, -0.15) is 0 Å². The summed E-state index contributed by atoms with van der Waals surface area (Å²) in [7, 11) is 0. The molecule has 1 aromatic rings. The zero-order valence-corrected chi connectivity index (χ0v) is 10.9. The van der Waals surface area contributed by atoms with Crippen LogP contribution in [0.4, 0.5) is 5.95 Å². The zero-order valence-electron chi connectivity index (χ0n) is 10.9. The number of nitrogens with zero attached hydrogens (tertiary/aromatic N) is 4. The number of aliphatic hydroxyl groups is 1. The third-order valence-corrected chi connectivity index (χ3v) is 3.52. The van der Waals surface area contributed by atoms with Crippen LogP contribution in [0.2, 0.25) is 0 Å². The van der Waals surface area contributed by atoms with Gasteiger partial charge in [-0.25, -0.2) is 9.97 Å². The van der Waals surface area contributed by atoms with Crippen LogP contribution in [0.15, 0.2) is 17.4 Å². The second-order valence-electron chi connectivity index (χ2n) is 4.79. The molecular weight excluding hydrogens is 246 g/mol. The maximum Gasteiger partial charge on any atom is 0.225 e. The van der Waals surface area contributed by atoms with Gasteiger partial charge < -0.3 is 20.9 Å². The fraction of sp³-hybridized carbons (Fsp3) is 0.583. The van der Waals surface area contributed by atoms with Crippen molar-refractivity contribution >= 4 is 11.8 Å². The Bertz CT molecular complexity index is 455. The number of hydrogen-bond acceptors (Lipinski definition) is 6. The van der Waals surface area contributed by atoms with Crippen LogP contribution < -0.4 is 10.6 Å². The Labute approximate surface area is 111 Å². The van der Waals surface area contributed by atoms with Crippen LogP contribution in [0.5, 0.6) is 0 Å². The third-order valence-electron chi connectivity index (χ3n) is 3.52. The van der Waals surface area contributed by atoms with Gasteiger partial charge in [0.25, 0.3) is 0 Å². The number of hydrogen-bond donors (Lipinski definition) is 3. The van der Waals surface area contributed by atoms with Crippen molar-refractivity contribution in [3.63, 3.8) is 0 Å². The highest BCUT2D eigenvalue weighted by molar-refractivity contribution is 5.95. The maximum absolute atomic E-state index is 9.57. The molecule has 0 aromatic carbocycles. The Balaban J connectivity index is 2.07. The summed E-state index contributed by atoms with van der Waals surface area (Å²) in [5.74, 6) is 0.888. The van der Waals surface area contributed by atoms with Gasteiger partial charge in [-0.3, -0.25) is 0 Å². The number of oxime groups is 1. The Hall–Kier alpha value is -1.89. The Morgan fingerprint density at radius 1 is 1.53 bits per heavy atom. The Morgan fingerprint density at radius 3 is 2.79 bits per heavy atom. The molecule has 7 heteroatoms. The minimum atomic E-state index is -0.272. The molecule has 1 aliphatic rings. The van der Waals surface area contributed by atoms with E-state index in [4.69, 9.17) is 10.9 Å². The first-order valence-corrected chi connectivity index (χ1v) is 6.35. The molecule has 1 aliphatic heterocycles. The summed E-state index contributed by atoms with van der Waals surface area (Å²) >= 11 is 0. The van der Waals surface area contributed by atoms with Crippen molar-refractivity contribution in [2.24, 2.45) is 16.8 Å². The van der Waals surface area contributed by atoms with Crippen molar-refractivity contribution in [1.29, 1.82) is 0 Å². The van der Waals surface area contributed by atoms with Crippen molar-refractivity contribution in [3.05, 3.63) is 18.0 Å². The van der Waals surface area contributed by atoms with E-state index in [-0.39, 0.29) is 11.9 Å². The molecule has 1 unspecified atom stereocenters. The van der Waals surface area contributed by atoms with Gasteiger partial charge in [0.05, 0.1) is 6.10 Å². The lowest BCUT2D eigenvalue weighted by atomic mass is 9.92. The molecule has 1 fully saturated rings. The normalized spacial score (nSPS) is 19.5. The molecule has 1 aromatic heterocycles. The molecule has 0 spiro atoms. The molecule has 2 rings (SSSR count). The van der Waals surface area contributed by atoms with Crippen LogP contribution in [-0.2, 0) is 0 Å². The molecule has 7 nitrogen and oxygen atoms in total. The molecule has 0 radical (unpaired) electrons. The average molecular weight is 265 g/mol. The summed E-state index contributed by atoms with van der Waals surface area (Å²) in [4.78, 5) is 10.5. The van der Waals surface area contributed by atoms with E-state index in [1.54, 1.807) is 12.3 Å².